The van der Waals surface area contributed by atoms with Gasteiger partial charge in [-0.05, 0) is 86.9 Å². The summed E-state index contributed by atoms with van der Waals surface area (Å²) in [7, 11) is 10.0. The molecule has 1 aliphatic rings. The molecular weight excluding hydrogens is 1100 g/mol. The highest BCUT2D eigenvalue weighted by molar-refractivity contribution is 5.99. The van der Waals surface area contributed by atoms with Crippen LogP contribution in [-0.4, -0.2) is 214 Å². The highest BCUT2D eigenvalue weighted by Crippen LogP contribution is 2.29. The molecule has 490 valence electrons. The number of likely N-dealkylation sites (N-methyl/N-ethyl adjacent to an activating group) is 7. The van der Waals surface area contributed by atoms with E-state index in [4.69, 9.17) is 5.73 Å². The van der Waals surface area contributed by atoms with Crippen LogP contribution in [0.25, 0.3) is 0 Å². The molecule has 4 N–H and O–H groups in total. The van der Waals surface area contributed by atoms with Gasteiger partial charge >= 0.3 is 0 Å². The molecule has 22 nitrogen and oxygen atoms in total. The van der Waals surface area contributed by atoms with E-state index in [1.165, 1.54) is 80.8 Å². The van der Waals surface area contributed by atoms with Gasteiger partial charge in [-0.3, -0.25) is 52.7 Å². The molecule has 0 spiro atoms. The van der Waals surface area contributed by atoms with E-state index in [2.05, 4.69) is 5.32 Å². The van der Waals surface area contributed by atoms with Gasteiger partial charge < -0.3 is 50.5 Å². The fourth-order valence-corrected chi connectivity index (χ4v) is 11.6. The van der Waals surface area contributed by atoms with E-state index >= 15 is 9.59 Å². The minimum Gasteiger partial charge on any atom is -0.390 e. The largest absolute Gasteiger partial charge is 0.390 e. The third kappa shape index (κ3) is 21.8. The van der Waals surface area contributed by atoms with Crippen LogP contribution in [-0.2, 0) is 52.7 Å². The SMILES string of the molecule is CC[C@@H]1CC(=O)[C@H]([C@H](O)[C@H](C)CC(N)C#N)N(C)C(=O)[C@H](C(C)C)N(C)C(=O)[C@H](CC(C)C)N(C)C(=O)[C@H](CC(C)C)N(C)C(=O)[C@@H](C)NC(=O)[C@H](C)CC(=O)[C@H](CC(C)C)N(C)C(=O)[C@H](C(C)C)CC(=O)[C@H](CC(C)C)N(C)C(=O)CN(C)C1=O. The first kappa shape index (κ1) is 78.2. The van der Waals surface area contributed by atoms with Gasteiger partial charge in [0.15, 0.2) is 17.3 Å². The van der Waals surface area contributed by atoms with Crippen LogP contribution in [0.4, 0.5) is 0 Å². The topological polar surface area (TPSA) is 293 Å². The number of ketones is 3. The van der Waals surface area contributed by atoms with Crippen molar-refractivity contribution >= 4 is 64.6 Å². The van der Waals surface area contributed by atoms with Crippen LogP contribution in [0.5, 0.6) is 0 Å². The fraction of sp³-hybridized carbons (Fsp3) is 0.812. The zero-order valence-electron chi connectivity index (χ0n) is 56.6. The highest BCUT2D eigenvalue weighted by atomic mass is 16.3. The molecule has 13 atom stereocenters. The lowest BCUT2D eigenvalue weighted by molar-refractivity contribution is -0.157. The van der Waals surface area contributed by atoms with Crippen molar-refractivity contribution in [3.8, 4) is 6.07 Å². The molecule has 0 bridgehead atoms. The van der Waals surface area contributed by atoms with Gasteiger partial charge in [-0.1, -0.05) is 104 Å². The molecular formula is C64H112N10O12. The van der Waals surface area contributed by atoms with Crippen molar-refractivity contribution in [2.45, 2.75) is 223 Å². The highest BCUT2D eigenvalue weighted by Gasteiger charge is 2.46. The number of carbonyl (C=O) groups excluding carboxylic acids is 11. The molecule has 0 aromatic rings. The predicted molar refractivity (Wildman–Crippen MR) is 331 cm³/mol. The monoisotopic (exact) mass is 1210 g/mol. The van der Waals surface area contributed by atoms with E-state index in [9.17, 15) is 53.5 Å². The predicted octanol–water partition coefficient (Wildman–Crippen LogP) is 4.82. The van der Waals surface area contributed by atoms with Crippen molar-refractivity contribution < 1.29 is 57.8 Å². The van der Waals surface area contributed by atoms with Gasteiger partial charge in [0, 0.05) is 86.3 Å². The first-order valence-corrected chi connectivity index (χ1v) is 31.2. The molecule has 8 amide bonds. The van der Waals surface area contributed by atoms with E-state index in [0.717, 1.165) is 9.80 Å². The van der Waals surface area contributed by atoms with Crippen LogP contribution in [0.2, 0.25) is 0 Å². The van der Waals surface area contributed by atoms with Crippen molar-refractivity contribution in [2.75, 3.05) is 55.9 Å². The van der Waals surface area contributed by atoms with Crippen molar-refractivity contribution in [1.29, 1.82) is 5.26 Å². The summed E-state index contributed by atoms with van der Waals surface area (Å²) < 4.78 is 0. The number of aliphatic hydroxyl groups excluding tert-OH is 1. The van der Waals surface area contributed by atoms with Crippen molar-refractivity contribution in [2.24, 2.45) is 64.9 Å². The van der Waals surface area contributed by atoms with Crippen molar-refractivity contribution in [1.82, 2.24) is 39.6 Å². The third-order valence-electron chi connectivity index (χ3n) is 17.1. The van der Waals surface area contributed by atoms with Gasteiger partial charge in [0.2, 0.25) is 47.3 Å². The standard InChI is InChI=1S/C64H112N10O12/c1-24-44-31-53(77)56(57(79)41(14)29-45(66)33-65)74(23)64(86)55(40(12)13)73(22)63(85)50(28-38(8)9)72(21)62(84)49(27-37(6)7)71(20)59(81)43(16)67-58(80)42(15)30-51(75)48(26-36(4)5)70(19)61(83)46(39(10)11)32-52(76)47(25-35(2)3)69(18)54(78)34-68(17)60(44)82/h35-50,55-57,79H,24-32,34,66H2,1-23H3,(H,67,80)/t41-,42-,43-,44-,45?,46+,47+,48+,49+,50+,55+,56-,57-/m1/s1. The molecule has 0 aromatic carbocycles. The average molecular weight is 1210 g/mol. The molecule has 1 saturated heterocycles. The molecule has 1 unspecified atom stereocenters. The van der Waals surface area contributed by atoms with Gasteiger partial charge in [-0.2, -0.15) is 5.26 Å². The molecule has 0 radical (unpaired) electrons. The van der Waals surface area contributed by atoms with Crippen LogP contribution in [0.3, 0.4) is 0 Å². The number of hydrogen-bond acceptors (Lipinski definition) is 14. The first-order valence-electron chi connectivity index (χ1n) is 31.2. The van der Waals surface area contributed by atoms with Gasteiger partial charge in [-0.15, -0.1) is 0 Å². The molecule has 1 aliphatic heterocycles. The number of Topliss-reactive ketones (excluding diaryl/α,β-unsaturated/α-hetero) is 3. The minimum absolute atomic E-state index is 0.0713. The Morgan fingerprint density at radius 2 is 0.942 bits per heavy atom. The van der Waals surface area contributed by atoms with Crippen LogP contribution in [0.15, 0.2) is 0 Å². The Morgan fingerprint density at radius 1 is 0.523 bits per heavy atom. The third-order valence-corrected chi connectivity index (χ3v) is 17.1. The summed E-state index contributed by atoms with van der Waals surface area (Å²) in [6.07, 6.45) is -1.93. The van der Waals surface area contributed by atoms with E-state index in [1.807, 2.05) is 61.5 Å². The van der Waals surface area contributed by atoms with Crippen molar-refractivity contribution in [3.05, 3.63) is 0 Å². The second-order valence-corrected chi connectivity index (χ2v) is 27.2. The van der Waals surface area contributed by atoms with Crippen LogP contribution in [0, 0.1) is 70.5 Å². The lowest BCUT2D eigenvalue weighted by Gasteiger charge is -2.41. The molecule has 22 heteroatoms. The summed E-state index contributed by atoms with van der Waals surface area (Å²) >= 11 is 0. The number of rotatable bonds is 15. The second kappa shape index (κ2) is 35.2. The van der Waals surface area contributed by atoms with Gasteiger partial charge in [0.05, 0.1) is 36.8 Å². The molecule has 86 heavy (non-hydrogen) atoms. The molecule has 1 heterocycles. The summed E-state index contributed by atoms with van der Waals surface area (Å²) in [4.78, 5) is 170. The van der Waals surface area contributed by atoms with Crippen LogP contribution < -0.4 is 11.1 Å². The fourth-order valence-electron chi connectivity index (χ4n) is 11.6. The maximum absolute atomic E-state index is 15.2. The van der Waals surface area contributed by atoms with E-state index in [1.54, 1.807) is 48.5 Å². The molecule has 0 aromatic heterocycles. The second-order valence-electron chi connectivity index (χ2n) is 27.2. The summed E-state index contributed by atoms with van der Waals surface area (Å²) in [5, 5.41) is 24.5. The lowest BCUT2D eigenvalue weighted by Crippen LogP contribution is -2.62. The number of carbonyl (C=O) groups is 11. The number of aliphatic hydroxyl groups is 1. The summed E-state index contributed by atoms with van der Waals surface area (Å²) in [6.45, 7) is 27.8. The number of nitrogens with zero attached hydrogens (tertiary/aromatic N) is 8. The Kier molecular flexibility index (Phi) is 32.0. The van der Waals surface area contributed by atoms with Gasteiger partial charge in [0.1, 0.15) is 30.2 Å². The molecule has 1 fully saturated rings. The van der Waals surface area contributed by atoms with Gasteiger partial charge in [-0.25, -0.2) is 0 Å². The number of nitrogens with two attached hydrogens (primary N) is 1. The molecule has 0 aliphatic carbocycles. The Morgan fingerprint density at radius 3 is 1.38 bits per heavy atom. The van der Waals surface area contributed by atoms with E-state index in [-0.39, 0.29) is 75.0 Å². The zero-order valence-corrected chi connectivity index (χ0v) is 56.6. The van der Waals surface area contributed by atoms with E-state index < -0.39 is 168 Å². The number of nitrogens with one attached hydrogen (secondary N) is 1. The summed E-state index contributed by atoms with van der Waals surface area (Å²) in [5.74, 6) is -11.7. The Bertz CT molecular complexity index is 2390. The minimum atomic E-state index is -1.63. The number of amides is 8. The summed E-state index contributed by atoms with van der Waals surface area (Å²) in [6, 6.07) is -7.54. The maximum atomic E-state index is 15.2. The average Bonchev–Trinajstić information content (AvgIpc) is 3.47. The summed E-state index contributed by atoms with van der Waals surface area (Å²) in [5.41, 5.74) is 6.02. The normalized spacial score (nSPS) is 27.2. The van der Waals surface area contributed by atoms with Crippen molar-refractivity contribution in [3.63, 3.8) is 0 Å². The quantitative estimate of drug-likeness (QED) is 0.198. The van der Waals surface area contributed by atoms with Gasteiger partial charge in [0.25, 0.3) is 0 Å². The lowest BCUT2D eigenvalue weighted by atomic mass is 9.84. The number of hydrogen-bond donors (Lipinski definition) is 3. The van der Waals surface area contributed by atoms with Crippen LogP contribution in [0.1, 0.15) is 169 Å². The molecule has 0 saturated carbocycles. The smallest absolute Gasteiger partial charge is 0.246 e. The maximum Gasteiger partial charge on any atom is 0.246 e. The number of nitriles is 1. The Balaban J connectivity index is 4.34. The Labute approximate surface area is 515 Å². The van der Waals surface area contributed by atoms with Crippen LogP contribution >= 0.6 is 0 Å². The molecule has 1 rings (SSSR count). The zero-order chi connectivity index (χ0) is 66.8. The Hall–Kier alpha value is -5.82. The first-order chi connectivity index (χ1) is 39.6. The van der Waals surface area contributed by atoms with E-state index in [0.29, 0.717) is 0 Å².